The van der Waals surface area contributed by atoms with Crippen molar-refractivity contribution in [3.8, 4) is 0 Å². The minimum Gasteiger partial charge on any atom is -0.456 e. The molecule has 1 aliphatic carbocycles. The molecule has 0 unspecified atom stereocenters. The summed E-state index contributed by atoms with van der Waals surface area (Å²) in [6.45, 7) is 4.92. The van der Waals surface area contributed by atoms with Crippen molar-refractivity contribution in [2.45, 2.75) is 57.6 Å². The lowest BCUT2D eigenvalue weighted by molar-refractivity contribution is -0.150. The first-order valence-corrected chi connectivity index (χ1v) is 8.48. The lowest BCUT2D eigenvalue weighted by atomic mass is 9.98. The molecule has 0 atom stereocenters. The van der Waals surface area contributed by atoms with Crippen LogP contribution in [0.2, 0.25) is 0 Å². The summed E-state index contributed by atoms with van der Waals surface area (Å²) in [5.41, 5.74) is -1.29. The van der Waals surface area contributed by atoms with Gasteiger partial charge in [0, 0.05) is 5.56 Å². The van der Waals surface area contributed by atoms with Crippen LogP contribution >= 0.6 is 0 Å². The van der Waals surface area contributed by atoms with E-state index in [2.05, 4.69) is 5.32 Å². The van der Waals surface area contributed by atoms with Crippen LogP contribution in [0.15, 0.2) is 30.3 Å². The van der Waals surface area contributed by atoms with Crippen molar-refractivity contribution < 1.29 is 23.9 Å². The van der Waals surface area contributed by atoms with Gasteiger partial charge in [0.2, 0.25) is 0 Å². The van der Waals surface area contributed by atoms with Gasteiger partial charge in [-0.25, -0.2) is 9.59 Å². The molecule has 0 aliphatic heterocycles. The van der Waals surface area contributed by atoms with Gasteiger partial charge in [0.25, 0.3) is 0 Å². The van der Waals surface area contributed by atoms with E-state index in [-0.39, 0.29) is 12.4 Å². The van der Waals surface area contributed by atoms with Crippen LogP contribution < -0.4 is 5.32 Å². The highest BCUT2D eigenvalue weighted by Crippen LogP contribution is 2.31. The molecule has 1 aromatic rings. The van der Waals surface area contributed by atoms with Crippen molar-refractivity contribution in [2.75, 3.05) is 6.61 Å². The minimum absolute atomic E-state index is 0.278. The van der Waals surface area contributed by atoms with Crippen LogP contribution in [-0.4, -0.2) is 35.6 Å². The molecule has 0 heterocycles. The lowest BCUT2D eigenvalue weighted by Gasteiger charge is -2.29. The van der Waals surface area contributed by atoms with E-state index in [0.29, 0.717) is 18.4 Å². The second-order valence-electron chi connectivity index (χ2n) is 7.28. The number of Topliss-reactive ketones (excluding diaryl/α,β-unsaturated/α-hetero) is 1. The zero-order valence-corrected chi connectivity index (χ0v) is 15.0. The van der Waals surface area contributed by atoms with Crippen LogP contribution in [0.3, 0.4) is 0 Å². The third-order valence-electron chi connectivity index (χ3n) is 4.02. The SMILES string of the molecule is CC(C)(C)OC(=O)NC1(C(=O)OCC(=O)c2ccccc2)CCCC1. The molecule has 6 nitrogen and oxygen atoms in total. The third-order valence-corrected chi connectivity index (χ3v) is 4.02. The lowest BCUT2D eigenvalue weighted by Crippen LogP contribution is -2.54. The van der Waals surface area contributed by atoms with Crippen LogP contribution in [0, 0.1) is 0 Å². The summed E-state index contributed by atoms with van der Waals surface area (Å²) < 4.78 is 10.5. The number of amides is 1. The van der Waals surface area contributed by atoms with Gasteiger partial charge in [-0.3, -0.25) is 4.79 Å². The van der Waals surface area contributed by atoms with Gasteiger partial charge in [0.1, 0.15) is 11.1 Å². The second-order valence-corrected chi connectivity index (χ2v) is 7.28. The summed E-state index contributed by atoms with van der Waals surface area (Å²) in [5, 5.41) is 2.67. The van der Waals surface area contributed by atoms with Crippen molar-refractivity contribution in [3.05, 3.63) is 35.9 Å². The molecule has 1 amide bonds. The van der Waals surface area contributed by atoms with Crippen molar-refractivity contribution in [1.29, 1.82) is 0 Å². The average Bonchev–Trinajstić information content (AvgIpc) is 3.00. The van der Waals surface area contributed by atoms with Gasteiger partial charge in [-0.1, -0.05) is 43.2 Å². The molecule has 6 heteroatoms. The summed E-state index contributed by atoms with van der Waals surface area (Å²) in [7, 11) is 0. The zero-order chi connectivity index (χ0) is 18.5. The normalized spacial score (nSPS) is 16.1. The fourth-order valence-corrected chi connectivity index (χ4v) is 2.83. The monoisotopic (exact) mass is 347 g/mol. The number of esters is 1. The molecule has 1 aromatic carbocycles. The largest absolute Gasteiger partial charge is 0.456 e. The summed E-state index contributed by atoms with van der Waals surface area (Å²) in [5.74, 6) is -0.862. The van der Waals surface area contributed by atoms with Crippen LogP contribution in [0.4, 0.5) is 4.79 Å². The Labute approximate surface area is 147 Å². The Morgan fingerprint density at radius 1 is 1.08 bits per heavy atom. The Kier molecular flexibility index (Phi) is 5.82. The van der Waals surface area contributed by atoms with Crippen molar-refractivity contribution in [1.82, 2.24) is 5.32 Å². The maximum Gasteiger partial charge on any atom is 0.408 e. The number of carbonyl (C=O) groups is 3. The molecule has 0 bridgehead atoms. The summed E-state index contributed by atoms with van der Waals surface area (Å²) in [6.07, 6.45) is 1.91. The molecule has 0 spiro atoms. The van der Waals surface area contributed by atoms with E-state index in [1.54, 1.807) is 51.1 Å². The first kappa shape index (κ1) is 19.0. The molecule has 0 radical (unpaired) electrons. The molecular weight excluding hydrogens is 322 g/mol. The average molecular weight is 347 g/mol. The van der Waals surface area contributed by atoms with Gasteiger partial charge in [-0.05, 0) is 33.6 Å². The number of alkyl carbamates (subject to hydrolysis) is 1. The Balaban J connectivity index is 1.98. The molecule has 25 heavy (non-hydrogen) atoms. The highest BCUT2D eigenvalue weighted by Gasteiger charge is 2.45. The van der Waals surface area contributed by atoms with Gasteiger partial charge in [0.15, 0.2) is 12.4 Å². The minimum atomic E-state index is -1.11. The number of rotatable bonds is 5. The van der Waals surface area contributed by atoms with Crippen molar-refractivity contribution in [2.24, 2.45) is 0 Å². The van der Waals surface area contributed by atoms with E-state index in [1.165, 1.54) is 0 Å². The first-order chi connectivity index (χ1) is 11.7. The fourth-order valence-electron chi connectivity index (χ4n) is 2.83. The molecular formula is C19H25NO5. The molecule has 2 rings (SSSR count). The number of hydrogen-bond acceptors (Lipinski definition) is 5. The number of hydrogen-bond donors (Lipinski definition) is 1. The second kappa shape index (κ2) is 7.68. The summed E-state index contributed by atoms with van der Waals surface area (Å²) in [4.78, 5) is 36.7. The Hall–Kier alpha value is -2.37. The Morgan fingerprint density at radius 3 is 2.24 bits per heavy atom. The number of ether oxygens (including phenoxy) is 2. The van der Waals surface area contributed by atoms with Crippen LogP contribution in [0.1, 0.15) is 56.8 Å². The molecule has 1 N–H and O–H groups in total. The fraction of sp³-hybridized carbons (Fsp3) is 0.526. The van der Waals surface area contributed by atoms with Crippen LogP contribution in [0.25, 0.3) is 0 Å². The van der Waals surface area contributed by atoms with Crippen molar-refractivity contribution >= 4 is 17.8 Å². The highest BCUT2D eigenvalue weighted by atomic mass is 16.6. The molecule has 0 aromatic heterocycles. The first-order valence-electron chi connectivity index (χ1n) is 8.48. The van der Waals surface area contributed by atoms with Gasteiger partial charge in [-0.15, -0.1) is 0 Å². The molecule has 136 valence electrons. The smallest absolute Gasteiger partial charge is 0.408 e. The third kappa shape index (κ3) is 5.31. The number of nitrogens with one attached hydrogen (secondary N) is 1. The van der Waals surface area contributed by atoms with Gasteiger partial charge in [-0.2, -0.15) is 0 Å². The maximum absolute atomic E-state index is 12.6. The summed E-state index contributed by atoms with van der Waals surface area (Å²) >= 11 is 0. The zero-order valence-electron chi connectivity index (χ0n) is 15.0. The van der Waals surface area contributed by atoms with E-state index in [1.807, 2.05) is 0 Å². The van der Waals surface area contributed by atoms with Crippen molar-refractivity contribution in [3.63, 3.8) is 0 Å². The number of carbonyl (C=O) groups excluding carboxylic acids is 3. The van der Waals surface area contributed by atoms with Crippen LogP contribution in [-0.2, 0) is 14.3 Å². The van der Waals surface area contributed by atoms with E-state index in [0.717, 1.165) is 12.8 Å². The standard InChI is InChI=1S/C19H25NO5/c1-18(2,3)25-17(23)20-19(11-7-8-12-19)16(22)24-13-15(21)14-9-5-4-6-10-14/h4-6,9-10H,7-8,11-13H2,1-3H3,(H,20,23). The van der Waals surface area contributed by atoms with E-state index >= 15 is 0 Å². The molecule has 1 fully saturated rings. The van der Waals surface area contributed by atoms with Crippen LogP contribution in [0.5, 0.6) is 0 Å². The summed E-state index contributed by atoms with van der Waals surface area (Å²) in [6, 6.07) is 8.64. The highest BCUT2D eigenvalue weighted by molar-refractivity contribution is 5.98. The number of benzene rings is 1. The Morgan fingerprint density at radius 2 is 1.68 bits per heavy atom. The van der Waals surface area contributed by atoms with Gasteiger partial charge >= 0.3 is 12.1 Å². The molecule has 1 saturated carbocycles. The van der Waals surface area contributed by atoms with Gasteiger partial charge < -0.3 is 14.8 Å². The predicted molar refractivity (Wildman–Crippen MR) is 92.3 cm³/mol. The number of ketones is 1. The molecule has 1 aliphatic rings. The topological polar surface area (TPSA) is 81.7 Å². The quantitative estimate of drug-likeness (QED) is 0.653. The van der Waals surface area contributed by atoms with E-state index in [9.17, 15) is 14.4 Å². The predicted octanol–water partition coefficient (Wildman–Crippen LogP) is 3.25. The van der Waals surface area contributed by atoms with Gasteiger partial charge in [0.05, 0.1) is 0 Å². The maximum atomic E-state index is 12.6. The van der Waals surface area contributed by atoms with E-state index in [4.69, 9.17) is 9.47 Å². The molecule has 0 saturated heterocycles. The Bertz CT molecular complexity index is 627. The van der Waals surface area contributed by atoms with E-state index < -0.39 is 23.2 Å².